The number of hydrogen-bond acceptors (Lipinski definition) is 4. The van der Waals surface area contributed by atoms with Crippen molar-refractivity contribution in [3.63, 3.8) is 0 Å². The maximum atomic E-state index is 13.9. The lowest BCUT2D eigenvalue weighted by Crippen LogP contribution is -2.38. The number of nitrogens with zero attached hydrogens (tertiary/aromatic N) is 2. The molecule has 29 heavy (non-hydrogen) atoms. The smallest absolute Gasteiger partial charge is 0.227 e. The van der Waals surface area contributed by atoms with Crippen LogP contribution in [-0.4, -0.2) is 24.0 Å². The molecule has 2 aromatic carbocycles. The average molecular weight is 412 g/mol. The molecule has 1 aromatic heterocycles. The van der Waals surface area contributed by atoms with Crippen molar-refractivity contribution in [1.29, 1.82) is 0 Å². The number of halogens is 1. The van der Waals surface area contributed by atoms with Crippen molar-refractivity contribution in [3.8, 4) is 0 Å². The minimum atomic E-state index is -0.278. The van der Waals surface area contributed by atoms with Gasteiger partial charge in [0.05, 0.1) is 4.70 Å². The highest BCUT2D eigenvalue weighted by Crippen LogP contribution is 2.32. The fourth-order valence-corrected chi connectivity index (χ4v) is 4.78. The number of thiazole rings is 1. The van der Waals surface area contributed by atoms with Crippen LogP contribution in [0.25, 0.3) is 10.2 Å². The van der Waals surface area contributed by atoms with Gasteiger partial charge in [-0.1, -0.05) is 42.9 Å². The molecule has 1 N–H and O–H groups in total. The molecule has 1 aliphatic heterocycles. The van der Waals surface area contributed by atoms with Crippen molar-refractivity contribution in [2.24, 2.45) is 5.92 Å². The van der Waals surface area contributed by atoms with Crippen LogP contribution < -0.4 is 10.2 Å². The molecule has 1 amide bonds. The highest BCUT2D eigenvalue weighted by molar-refractivity contribution is 7.22. The summed E-state index contributed by atoms with van der Waals surface area (Å²) in [6.07, 6.45) is 5.01. The molecule has 6 heteroatoms. The topological polar surface area (TPSA) is 45.2 Å². The summed E-state index contributed by atoms with van der Waals surface area (Å²) in [6, 6.07) is 13.2. The third-order valence-corrected chi connectivity index (χ3v) is 6.62. The number of aryl methyl sites for hydroxylation is 1. The second-order valence-electron chi connectivity index (χ2n) is 7.63. The van der Waals surface area contributed by atoms with Gasteiger partial charge in [-0.2, -0.15) is 0 Å². The second-order valence-corrected chi connectivity index (χ2v) is 8.64. The molecule has 1 fully saturated rings. The first-order valence-electron chi connectivity index (χ1n) is 10.3. The molecule has 3 aromatic rings. The number of amides is 1. The van der Waals surface area contributed by atoms with Gasteiger partial charge in [-0.25, -0.2) is 9.37 Å². The maximum Gasteiger partial charge on any atom is 0.227 e. The van der Waals surface area contributed by atoms with Gasteiger partial charge in [0.2, 0.25) is 5.91 Å². The van der Waals surface area contributed by atoms with E-state index < -0.39 is 0 Å². The van der Waals surface area contributed by atoms with Crippen LogP contribution >= 0.6 is 11.3 Å². The fraction of sp³-hybridized carbons (Fsp3) is 0.391. The number of nitrogens with one attached hydrogen (secondary N) is 1. The Kier molecular flexibility index (Phi) is 6.09. The largest absolute Gasteiger partial charge is 0.348 e. The number of fused-ring (bicyclic) bond motifs is 1. The summed E-state index contributed by atoms with van der Waals surface area (Å²) < 4.78 is 14.8. The summed E-state index contributed by atoms with van der Waals surface area (Å²) in [5.41, 5.74) is 2.61. The van der Waals surface area contributed by atoms with Gasteiger partial charge >= 0.3 is 0 Å². The van der Waals surface area contributed by atoms with Crippen LogP contribution in [0.15, 0.2) is 42.5 Å². The normalized spacial score (nSPS) is 15.0. The van der Waals surface area contributed by atoms with Crippen molar-refractivity contribution in [2.45, 2.75) is 39.0 Å². The molecule has 0 spiro atoms. The van der Waals surface area contributed by atoms with E-state index in [0.29, 0.717) is 5.52 Å². The maximum absolute atomic E-state index is 13.9. The van der Waals surface area contributed by atoms with Gasteiger partial charge in [-0.05, 0) is 55.5 Å². The first-order valence-corrected chi connectivity index (χ1v) is 11.2. The minimum absolute atomic E-state index is 0.00266. The molecule has 0 radical (unpaired) electrons. The monoisotopic (exact) mass is 411 g/mol. The van der Waals surface area contributed by atoms with Gasteiger partial charge in [-0.15, -0.1) is 0 Å². The molecule has 0 bridgehead atoms. The van der Waals surface area contributed by atoms with Crippen molar-refractivity contribution >= 4 is 38.3 Å². The molecular weight excluding hydrogens is 385 g/mol. The number of hydrogen-bond donors (Lipinski definition) is 1. The van der Waals surface area contributed by atoms with Gasteiger partial charge in [0, 0.05) is 24.7 Å². The molecule has 4 nitrogen and oxygen atoms in total. The lowest BCUT2D eigenvalue weighted by Gasteiger charge is -2.31. The van der Waals surface area contributed by atoms with Crippen LogP contribution in [0.2, 0.25) is 0 Å². The van der Waals surface area contributed by atoms with E-state index >= 15 is 0 Å². The summed E-state index contributed by atoms with van der Waals surface area (Å²) in [5, 5.41) is 3.90. The Morgan fingerprint density at radius 3 is 2.66 bits per heavy atom. The molecule has 0 saturated carbocycles. The van der Waals surface area contributed by atoms with E-state index in [4.69, 9.17) is 0 Å². The van der Waals surface area contributed by atoms with Gasteiger partial charge in [0.15, 0.2) is 5.13 Å². The van der Waals surface area contributed by atoms with Gasteiger partial charge in [-0.3, -0.25) is 4.79 Å². The van der Waals surface area contributed by atoms with E-state index in [9.17, 15) is 9.18 Å². The van der Waals surface area contributed by atoms with E-state index in [0.717, 1.165) is 47.9 Å². The molecule has 2 heterocycles. The van der Waals surface area contributed by atoms with Crippen molar-refractivity contribution in [3.05, 3.63) is 53.8 Å². The fourth-order valence-electron chi connectivity index (χ4n) is 3.75. The first-order chi connectivity index (χ1) is 14.1. The lowest BCUT2D eigenvalue weighted by molar-refractivity contribution is -0.120. The number of carbonyl (C=O) groups is 1. The number of anilines is 2. The molecule has 1 aliphatic rings. The van der Waals surface area contributed by atoms with Gasteiger partial charge in [0.1, 0.15) is 11.3 Å². The summed E-state index contributed by atoms with van der Waals surface area (Å²) in [7, 11) is 0. The number of aromatic nitrogens is 1. The SMILES string of the molecule is CCCCc1ccc(NC(=O)C2CCN(c3nc4c(F)cccc4s3)CC2)cc1. The van der Waals surface area contributed by atoms with E-state index in [-0.39, 0.29) is 17.6 Å². The highest BCUT2D eigenvalue weighted by atomic mass is 32.1. The second kappa shape index (κ2) is 8.91. The average Bonchev–Trinajstić information content (AvgIpc) is 3.19. The van der Waals surface area contributed by atoms with Crippen LogP contribution in [-0.2, 0) is 11.2 Å². The summed E-state index contributed by atoms with van der Waals surface area (Å²) in [5.74, 6) is -0.196. The molecule has 0 unspecified atom stereocenters. The first kappa shape index (κ1) is 19.8. The number of benzene rings is 2. The van der Waals surface area contributed by atoms with Crippen molar-refractivity contribution in [1.82, 2.24) is 4.98 Å². The van der Waals surface area contributed by atoms with Crippen LogP contribution in [0.4, 0.5) is 15.2 Å². The Morgan fingerprint density at radius 2 is 1.97 bits per heavy atom. The zero-order valence-corrected chi connectivity index (χ0v) is 17.5. The third kappa shape index (κ3) is 4.58. The Balaban J connectivity index is 1.32. The number of rotatable bonds is 6. The van der Waals surface area contributed by atoms with Crippen LogP contribution in [0, 0.1) is 11.7 Å². The van der Waals surface area contributed by atoms with Gasteiger partial charge in [0.25, 0.3) is 0 Å². The summed E-state index contributed by atoms with van der Waals surface area (Å²) in [4.78, 5) is 19.3. The summed E-state index contributed by atoms with van der Waals surface area (Å²) in [6.45, 7) is 3.71. The Bertz CT molecular complexity index is 977. The zero-order valence-electron chi connectivity index (χ0n) is 16.7. The Morgan fingerprint density at radius 1 is 1.21 bits per heavy atom. The van der Waals surface area contributed by atoms with Crippen LogP contribution in [0.3, 0.4) is 0 Å². The van der Waals surface area contributed by atoms with Crippen LogP contribution in [0.5, 0.6) is 0 Å². The molecule has 0 atom stereocenters. The van der Waals surface area contributed by atoms with Gasteiger partial charge < -0.3 is 10.2 Å². The Labute approximate surface area is 174 Å². The standard InChI is InChI=1S/C23H26FN3OS/c1-2-3-5-16-8-10-18(11-9-16)25-22(28)17-12-14-27(15-13-17)23-26-21-19(24)6-4-7-20(21)29-23/h4,6-11,17H,2-3,5,12-15H2,1H3,(H,25,28). The van der Waals surface area contributed by atoms with Crippen molar-refractivity contribution in [2.75, 3.05) is 23.3 Å². The molecular formula is C23H26FN3OS. The van der Waals surface area contributed by atoms with Crippen LogP contribution in [0.1, 0.15) is 38.2 Å². The molecule has 152 valence electrons. The lowest BCUT2D eigenvalue weighted by atomic mass is 9.96. The van der Waals surface area contributed by atoms with Crippen molar-refractivity contribution < 1.29 is 9.18 Å². The third-order valence-electron chi connectivity index (χ3n) is 5.54. The van der Waals surface area contributed by atoms with E-state index in [1.807, 2.05) is 18.2 Å². The number of para-hydroxylation sites is 1. The predicted molar refractivity (Wildman–Crippen MR) is 118 cm³/mol. The quantitative estimate of drug-likeness (QED) is 0.571. The minimum Gasteiger partial charge on any atom is -0.348 e. The predicted octanol–water partition coefficient (Wildman–Crippen LogP) is 5.63. The highest BCUT2D eigenvalue weighted by Gasteiger charge is 2.26. The van der Waals surface area contributed by atoms with E-state index in [2.05, 4.69) is 34.3 Å². The zero-order chi connectivity index (χ0) is 20.2. The number of piperidine rings is 1. The number of unbranched alkanes of at least 4 members (excludes halogenated alkanes) is 1. The number of carbonyl (C=O) groups excluding carboxylic acids is 1. The molecule has 0 aliphatic carbocycles. The molecule has 1 saturated heterocycles. The Hall–Kier alpha value is -2.47. The summed E-state index contributed by atoms with van der Waals surface area (Å²) >= 11 is 1.51. The van der Waals surface area contributed by atoms with E-state index in [1.165, 1.54) is 35.8 Å². The molecule has 4 rings (SSSR count). The van der Waals surface area contributed by atoms with E-state index in [1.54, 1.807) is 6.07 Å².